The molecule has 0 unspecified atom stereocenters. The summed E-state index contributed by atoms with van der Waals surface area (Å²) in [6.07, 6.45) is 6.06. The summed E-state index contributed by atoms with van der Waals surface area (Å²) in [5, 5.41) is 4.08. The Morgan fingerprint density at radius 3 is 2.57 bits per heavy atom. The number of rotatable bonds is 4. The molecule has 7 nitrogen and oxygen atoms in total. The van der Waals surface area contributed by atoms with E-state index >= 15 is 0 Å². The Balaban J connectivity index is 0.00000127. The largest absolute Gasteiger partial charge is 0.299 e. The van der Waals surface area contributed by atoms with E-state index < -0.39 is 0 Å². The normalized spacial score (nSPS) is 11.4. The molecule has 0 spiro atoms. The first kappa shape index (κ1) is 18.2. The van der Waals surface area contributed by atoms with E-state index in [1.165, 1.54) is 34.6 Å². The zero-order valence-electron chi connectivity index (χ0n) is 14.1. The number of imidazole rings is 1. The second-order valence-corrected chi connectivity index (χ2v) is 4.34. The number of nitrogens with zero attached hydrogens (tertiary/aromatic N) is 5. The van der Waals surface area contributed by atoms with Gasteiger partial charge in [0.2, 0.25) is 0 Å². The van der Waals surface area contributed by atoms with Crippen LogP contribution in [0.25, 0.3) is 11.2 Å². The van der Waals surface area contributed by atoms with Gasteiger partial charge in [-0.05, 0) is 6.92 Å². The van der Waals surface area contributed by atoms with Crippen LogP contribution in [-0.2, 0) is 7.05 Å². The first-order valence-electron chi connectivity index (χ1n) is 7.28. The minimum atomic E-state index is -0.298. The van der Waals surface area contributed by atoms with Crippen LogP contribution in [0.3, 0.4) is 0 Å². The second-order valence-electron chi connectivity index (χ2n) is 4.34. The van der Waals surface area contributed by atoms with Gasteiger partial charge in [-0.1, -0.05) is 32.6 Å². The molecule has 0 aliphatic heterocycles. The Morgan fingerprint density at radius 1 is 1.39 bits per heavy atom. The number of hydrogen-bond acceptors (Lipinski definition) is 5. The van der Waals surface area contributed by atoms with E-state index in [1.807, 2.05) is 13.8 Å². The van der Waals surface area contributed by atoms with Crippen LogP contribution in [0.4, 0.5) is 0 Å². The highest BCUT2D eigenvalue weighted by Gasteiger charge is 2.20. The van der Waals surface area contributed by atoms with Crippen LogP contribution in [0.5, 0.6) is 0 Å². The molecule has 0 aliphatic rings. The summed E-state index contributed by atoms with van der Waals surface area (Å²) in [4.78, 5) is 32.4. The summed E-state index contributed by atoms with van der Waals surface area (Å²) in [6.45, 7) is 10.7. The van der Waals surface area contributed by atoms with Gasteiger partial charge in [-0.3, -0.25) is 19.1 Å². The van der Waals surface area contributed by atoms with Crippen LogP contribution in [0.1, 0.15) is 44.0 Å². The minimum Gasteiger partial charge on any atom is -0.299 e. The molecule has 2 heterocycles. The Morgan fingerprint density at radius 2 is 2.04 bits per heavy atom. The number of fused-ring (bicyclic) bond motifs is 1. The van der Waals surface area contributed by atoms with Crippen molar-refractivity contribution in [2.75, 3.05) is 0 Å². The van der Waals surface area contributed by atoms with Crippen molar-refractivity contribution in [3.63, 3.8) is 0 Å². The van der Waals surface area contributed by atoms with Gasteiger partial charge in [0.1, 0.15) is 12.0 Å². The number of aryl methyl sites for hydroxylation is 1. The quantitative estimate of drug-likeness (QED) is 0.640. The summed E-state index contributed by atoms with van der Waals surface area (Å²) in [6, 6.07) is 0. The maximum atomic E-state index is 12.3. The molecule has 0 N–H and O–H groups in total. The van der Waals surface area contributed by atoms with E-state index in [-0.39, 0.29) is 22.7 Å². The van der Waals surface area contributed by atoms with E-state index in [4.69, 9.17) is 0 Å². The molecule has 0 radical (unpaired) electrons. The first-order valence-corrected chi connectivity index (χ1v) is 7.28. The van der Waals surface area contributed by atoms with Crippen molar-refractivity contribution in [3.05, 3.63) is 46.9 Å². The average Bonchev–Trinajstić information content (AvgIpc) is 2.94. The third kappa shape index (κ3) is 3.50. The van der Waals surface area contributed by atoms with E-state index in [0.717, 1.165) is 0 Å². The zero-order valence-corrected chi connectivity index (χ0v) is 14.1. The number of aromatic nitrogens is 4. The number of ketones is 1. The van der Waals surface area contributed by atoms with Crippen LogP contribution < -0.4 is 5.56 Å². The van der Waals surface area contributed by atoms with Crippen molar-refractivity contribution in [1.29, 1.82) is 0 Å². The van der Waals surface area contributed by atoms with E-state index in [0.29, 0.717) is 11.4 Å². The molecule has 0 atom stereocenters. The number of Topliss-reactive ketones (excluding diaryl/α,β-unsaturated/α-hetero) is 1. The Bertz CT molecular complexity index is 840. The Hall–Kier alpha value is -2.83. The molecule has 0 aromatic carbocycles. The molecule has 0 fully saturated rings. The van der Waals surface area contributed by atoms with Gasteiger partial charge < -0.3 is 0 Å². The number of allylic oxidation sites excluding steroid dienone is 2. The Labute approximate surface area is 134 Å². The van der Waals surface area contributed by atoms with Crippen molar-refractivity contribution >= 4 is 23.2 Å². The monoisotopic (exact) mass is 315 g/mol. The highest BCUT2D eigenvalue weighted by atomic mass is 16.1. The molecule has 0 saturated carbocycles. The Kier molecular flexibility index (Phi) is 6.32. The lowest BCUT2D eigenvalue weighted by Crippen LogP contribution is -2.21. The summed E-state index contributed by atoms with van der Waals surface area (Å²) < 4.78 is 2.59. The maximum absolute atomic E-state index is 12.3. The summed E-state index contributed by atoms with van der Waals surface area (Å²) >= 11 is 0. The predicted octanol–water partition coefficient (Wildman–Crippen LogP) is 2.27. The minimum absolute atomic E-state index is 0.103. The average molecular weight is 315 g/mol. The van der Waals surface area contributed by atoms with Gasteiger partial charge in [0.15, 0.2) is 17.1 Å². The number of carbonyl (C=O) groups excluding carboxylic acids is 1. The number of aliphatic imine (C=N–C) groups is 1. The molecule has 0 aliphatic carbocycles. The number of carbonyl (C=O) groups is 1. The molecule has 122 valence electrons. The summed E-state index contributed by atoms with van der Waals surface area (Å²) in [5.74, 6) is -0.175. The van der Waals surface area contributed by atoms with Crippen molar-refractivity contribution in [1.82, 2.24) is 19.2 Å². The highest BCUT2D eigenvalue weighted by Crippen LogP contribution is 2.19. The van der Waals surface area contributed by atoms with Gasteiger partial charge in [-0.25, -0.2) is 9.50 Å². The van der Waals surface area contributed by atoms with Gasteiger partial charge in [0, 0.05) is 20.2 Å². The van der Waals surface area contributed by atoms with Crippen molar-refractivity contribution in [3.8, 4) is 0 Å². The molecule has 0 amide bonds. The second kappa shape index (κ2) is 7.98. The smallest absolute Gasteiger partial charge is 0.279 e. The van der Waals surface area contributed by atoms with Gasteiger partial charge in [0.05, 0.1) is 5.70 Å². The van der Waals surface area contributed by atoms with Gasteiger partial charge in [-0.15, -0.1) is 0 Å². The fourth-order valence-corrected chi connectivity index (χ4v) is 1.88. The summed E-state index contributed by atoms with van der Waals surface area (Å²) in [7, 11) is 1.59. The predicted molar refractivity (Wildman–Crippen MR) is 91.9 cm³/mol. The molecule has 2 rings (SSSR count). The fraction of sp³-hybridized carbons (Fsp3) is 0.312. The van der Waals surface area contributed by atoms with E-state index in [9.17, 15) is 9.59 Å². The third-order valence-electron chi connectivity index (χ3n) is 2.87. The highest BCUT2D eigenvalue weighted by molar-refractivity contribution is 5.93. The van der Waals surface area contributed by atoms with Crippen molar-refractivity contribution in [2.24, 2.45) is 12.0 Å². The first-order chi connectivity index (χ1) is 11.0. The van der Waals surface area contributed by atoms with Crippen LogP contribution in [0.15, 0.2) is 34.8 Å². The SMILES string of the molecule is C=CC=N/C(=C\C)c1nc(C(C)=O)n2ncn(C)c(=O)c12.CC. The third-order valence-corrected chi connectivity index (χ3v) is 2.87. The van der Waals surface area contributed by atoms with Gasteiger partial charge in [0.25, 0.3) is 5.56 Å². The van der Waals surface area contributed by atoms with E-state index in [2.05, 4.69) is 21.7 Å². The molecule has 0 saturated heterocycles. The zero-order chi connectivity index (χ0) is 17.6. The molecule has 2 aromatic heterocycles. The lowest BCUT2D eigenvalue weighted by Gasteiger charge is -2.00. The maximum Gasteiger partial charge on any atom is 0.279 e. The topological polar surface area (TPSA) is 81.6 Å². The van der Waals surface area contributed by atoms with Crippen LogP contribution >= 0.6 is 0 Å². The molecular weight excluding hydrogens is 294 g/mol. The van der Waals surface area contributed by atoms with Gasteiger partial charge >= 0.3 is 0 Å². The molecule has 7 heteroatoms. The van der Waals surface area contributed by atoms with Crippen molar-refractivity contribution in [2.45, 2.75) is 27.7 Å². The van der Waals surface area contributed by atoms with Crippen LogP contribution in [-0.4, -0.2) is 31.2 Å². The van der Waals surface area contributed by atoms with E-state index in [1.54, 1.807) is 20.0 Å². The fourth-order valence-electron chi connectivity index (χ4n) is 1.88. The summed E-state index contributed by atoms with van der Waals surface area (Å²) in [5.41, 5.74) is 0.729. The van der Waals surface area contributed by atoms with Crippen molar-refractivity contribution < 1.29 is 4.79 Å². The molecule has 2 aromatic rings. The standard InChI is InChI=1S/C14H15N5O2.C2H6/c1-5-7-15-10(6-2)11-12-14(21)18(4)8-16-19(12)13(17-11)9(3)20;1-2/h5-8H,1H2,2-4H3;1-2H3/b10-6-,15-7?;. The molecular formula is C16H21N5O2. The van der Waals surface area contributed by atoms with Gasteiger partial charge in [-0.2, -0.15) is 5.10 Å². The molecule has 0 bridgehead atoms. The van der Waals surface area contributed by atoms with Crippen LogP contribution in [0, 0.1) is 0 Å². The lowest BCUT2D eigenvalue weighted by atomic mass is 10.3. The lowest BCUT2D eigenvalue weighted by molar-refractivity contribution is 0.100. The molecule has 23 heavy (non-hydrogen) atoms. The van der Waals surface area contributed by atoms with Crippen LogP contribution in [0.2, 0.25) is 0 Å². The number of hydrogen-bond donors (Lipinski definition) is 0.